The van der Waals surface area contributed by atoms with Crippen LogP contribution in [0.4, 0.5) is 0 Å². The van der Waals surface area contributed by atoms with Crippen molar-refractivity contribution in [3.8, 4) is 17.6 Å². The van der Waals surface area contributed by atoms with Crippen LogP contribution in [-0.2, 0) is 25.5 Å². The van der Waals surface area contributed by atoms with Gasteiger partial charge in [0, 0.05) is 60.9 Å². The first kappa shape index (κ1) is 58.2. The number of cyclic esters (lactones) is 1. The molecule has 21 unspecified atom stereocenters. The average Bonchev–Trinajstić information content (AvgIpc) is 3.60. The minimum atomic E-state index is -1.95. The molecule has 5 fully saturated rings. The van der Waals surface area contributed by atoms with Crippen LogP contribution in [0, 0.1) is 87.8 Å². The number of phenolic OH excluding ortho intramolecular Hbond substituents is 1. The number of hydrogen-bond acceptors (Lipinski definition) is 13. The predicted molar refractivity (Wildman–Crippen MR) is 302 cm³/mol. The first-order valence-corrected chi connectivity index (χ1v) is 30.1. The molecule has 7 aliphatic carbocycles. The van der Waals surface area contributed by atoms with Gasteiger partial charge in [-0.1, -0.05) is 57.4 Å². The van der Waals surface area contributed by atoms with Crippen molar-refractivity contribution in [2.45, 2.75) is 185 Å². The molecule has 1 aliphatic heterocycles. The fourth-order valence-electron chi connectivity index (χ4n) is 18.3. The number of H-pyrrole nitrogens is 1. The number of Topliss-reactive ketones (excluding diaryl/α,β-unsaturated/α-hetero) is 2. The second-order valence-electron chi connectivity index (χ2n) is 26.6. The van der Waals surface area contributed by atoms with Gasteiger partial charge in [-0.3, -0.25) is 19.4 Å². The number of esters is 1. The molecular formula is C64H89N5O11. The molecule has 80 heavy (non-hydrogen) atoms. The number of allylic oxidation sites excluding steroid dienone is 3. The molecule has 16 heteroatoms. The molecule has 4 saturated carbocycles. The van der Waals surface area contributed by atoms with E-state index in [0.717, 1.165) is 36.8 Å². The summed E-state index contributed by atoms with van der Waals surface area (Å²) in [6.07, 6.45) is 8.96. The van der Waals surface area contributed by atoms with Gasteiger partial charge in [-0.2, -0.15) is 0 Å². The van der Waals surface area contributed by atoms with Crippen LogP contribution in [0.2, 0.25) is 0 Å². The average molecular weight is 1100 g/mol. The van der Waals surface area contributed by atoms with Gasteiger partial charge in [0.1, 0.15) is 17.9 Å². The lowest BCUT2D eigenvalue weighted by molar-refractivity contribution is -0.190. The zero-order chi connectivity index (χ0) is 57.2. The number of nitrogens with one attached hydrogen (secondary N) is 2. The number of hydrogen-bond donors (Lipinski definition) is 11. The van der Waals surface area contributed by atoms with Gasteiger partial charge in [0.2, 0.25) is 0 Å². The van der Waals surface area contributed by atoms with E-state index in [1.54, 1.807) is 19.1 Å². The van der Waals surface area contributed by atoms with E-state index in [9.17, 15) is 45.3 Å². The highest BCUT2D eigenvalue weighted by atomic mass is 16.6. The number of guanidine groups is 1. The highest BCUT2D eigenvalue weighted by molar-refractivity contribution is 6.01. The van der Waals surface area contributed by atoms with Crippen molar-refractivity contribution >= 4 is 23.5 Å². The topological polar surface area (TPSA) is 294 Å². The summed E-state index contributed by atoms with van der Waals surface area (Å²) in [6, 6.07) is 7.17. The molecule has 2 aromatic rings. The van der Waals surface area contributed by atoms with Crippen LogP contribution in [0.25, 0.3) is 0 Å². The zero-order valence-electron chi connectivity index (χ0n) is 47.5. The van der Waals surface area contributed by atoms with Gasteiger partial charge in [0.15, 0.2) is 17.5 Å². The Morgan fingerprint density at radius 2 is 1.74 bits per heavy atom. The summed E-state index contributed by atoms with van der Waals surface area (Å²) in [6.45, 7) is 9.57. The first-order chi connectivity index (χ1) is 38.1. The van der Waals surface area contributed by atoms with E-state index in [-0.39, 0.29) is 116 Å². The molecule has 21 atom stereocenters. The van der Waals surface area contributed by atoms with Gasteiger partial charge in [0.25, 0.3) is 0 Å². The molecule has 13 N–H and O–H groups in total. The van der Waals surface area contributed by atoms with Crippen molar-refractivity contribution in [3.05, 3.63) is 76.8 Å². The van der Waals surface area contributed by atoms with E-state index >= 15 is 4.79 Å². The Labute approximate surface area is 471 Å². The molecule has 8 aliphatic rings. The summed E-state index contributed by atoms with van der Waals surface area (Å²) < 4.78 is 6.28. The third-order valence-electron chi connectivity index (χ3n) is 22.2. The van der Waals surface area contributed by atoms with Crippen LogP contribution in [0.15, 0.2) is 70.6 Å². The lowest BCUT2D eigenvalue weighted by Gasteiger charge is -2.62. The Morgan fingerprint density at radius 1 is 0.975 bits per heavy atom. The van der Waals surface area contributed by atoms with E-state index in [4.69, 9.17) is 16.2 Å². The summed E-state index contributed by atoms with van der Waals surface area (Å²) in [4.78, 5) is 51.8. The number of fused-ring (bicyclic) bond motifs is 10. The molecular weight excluding hydrogens is 1010 g/mol. The largest absolute Gasteiger partial charge is 0.508 e. The second kappa shape index (κ2) is 22.6. The smallest absolute Gasteiger partial charge is 0.314 e. The number of aromatic hydroxyl groups is 1. The van der Waals surface area contributed by atoms with Gasteiger partial charge in [-0.05, 0) is 179 Å². The number of ether oxygens (including phenoxy) is 1. The van der Waals surface area contributed by atoms with E-state index in [1.807, 2.05) is 25.4 Å². The molecule has 1 aromatic heterocycles. The molecule has 436 valence electrons. The van der Waals surface area contributed by atoms with Gasteiger partial charge in [-0.15, -0.1) is 5.92 Å². The lowest BCUT2D eigenvalue weighted by atomic mass is 9.44. The van der Waals surface area contributed by atoms with Gasteiger partial charge in [-0.25, -0.2) is 0 Å². The van der Waals surface area contributed by atoms with E-state index < -0.39 is 88.4 Å². The highest BCUT2D eigenvalue weighted by Gasteiger charge is 2.74. The molecule has 10 rings (SSSR count). The number of aliphatic hydroxyl groups excluding tert-OH is 4. The number of aromatic nitrogens is 1. The van der Waals surface area contributed by atoms with Crippen molar-refractivity contribution < 1.29 is 54.9 Å². The van der Waals surface area contributed by atoms with Crippen LogP contribution < -0.4 is 16.8 Å². The number of aliphatic hydroxyl groups is 6. The summed E-state index contributed by atoms with van der Waals surface area (Å²) >= 11 is 0. The maximum Gasteiger partial charge on any atom is 0.314 e. The van der Waals surface area contributed by atoms with Gasteiger partial charge >= 0.3 is 5.97 Å². The van der Waals surface area contributed by atoms with Crippen LogP contribution in [0.3, 0.4) is 0 Å². The van der Waals surface area contributed by atoms with Crippen LogP contribution in [0.5, 0.6) is 5.75 Å². The molecule has 0 spiro atoms. The number of aliphatic imine (C=N–C) groups is 1. The number of carbonyl (C=O) groups excluding carboxylic acids is 3. The van der Waals surface area contributed by atoms with Crippen LogP contribution >= 0.6 is 0 Å². The van der Waals surface area contributed by atoms with Crippen LogP contribution in [0.1, 0.15) is 148 Å². The van der Waals surface area contributed by atoms with E-state index in [1.165, 1.54) is 17.7 Å². The maximum absolute atomic E-state index is 15.7. The predicted octanol–water partition coefficient (Wildman–Crippen LogP) is 5.86. The van der Waals surface area contributed by atoms with Crippen molar-refractivity contribution in [3.63, 3.8) is 0 Å². The number of ketones is 2. The quantitative estimate of drug-likeness (QED) is 0.0369. The normalized spacial score (nSPS) is 41.9. The number of carbonyl (C=O) groups is 3. The number of nitrogens with two attached hydrogens (primary N) is 2. The monoisotopic (exact) mass is 1100 g/mol. The maximum atomic E-state index is 15.7. The Kier molecular flexibility index (Phi) is 16.5. The van der Waals surface area contributed by atoms with Crippen molar-refractivity contribution in [1.82, 2.24) is 10.3 Å². The third-order valence-corrected chi connectivity index (χ3v) is 22.2. The summed E-state index contributed by atoms with van der Waals surface area (Å²) in [5, 5.41) is 88.3. The third kappa shape index (κ3) is 10.2. The Morgan fingerprint density at radius 3 is 2.44 bits per heavy atom. The Bertz CT molecular complexity index is 2780. The molecule has 0 amide bonds. The molecule has 16 nitrogen and oxygen atoms in total. The standard InChI is InChI=1S/C64H89N5O11/c1-6-51-53(54(59(77)80-51)40-21-24-67-32-40)38-8-7-9-39-30-64(79)55-45(61(4)31-50(74)49(73)29-46(61)57(76)56(55)69-47(33-70)48(72)19-13-36-11-16-41(71)17-12-36)20-22-63(64,23-25-68-60(65)66)58(39)62(5,78)52(75)27-35(3)42-18-15-37-14-10-34(2)26-43(37)44(42)28-38/h11-12,15-17,21,24,32,34-35,38-39,42-47,49-54,58,67,69-71,73-75,78-79H,6,9-10,13-14,18-20,22-23,25-31,33H2,1-5H3,(H4,65,66,68). The van der Waals surface area contributed by atoms with Crippen molar-refractivity contribution in [2.75, 3.05) is 13.2 Å². The fraction of sp³-hybridized carbons (Fsp3) is 0.688. The number of phenols is 1. The number of benzene rings is 1. The number of aromatic amines is 1. The van der Waals surface area contributed by atoms with E-state index in [0.29, 0.717) is 49.5 Å². The highest BCUT2D eigenvalue weighted by Crippen LogP contribution is 2.72. The minimum Gasteiger partial charge on any atom is -0.508 e. The first-order valence-electron chi connectivity index (χ1n) is 30.1. The number of nitrogens with zero attached hydrogens (tertiary/aromatic N) is 1. The fourth-order valence-corrected chi connectivity index (χ4v) is 18.3. The number of aryl methyl sites for hydroxylation is 1. The van der Waals surface area contributed by atoms with Crippen LogP contribution in [-0.4, -0.2) is 119 Å². The minimum absolute atomic E-state index is 0.0135. The molecule has 0 bridgehead atoms. The molecule has 1 saturated heterocycles. The Balaban J connectivity index is 1.14. The molecule has 0 radical (unpaired) electrons. The summed E-state index contributed by atoms with van der Waals surface area (Å²) in [7, 11) is 0. The number of rotatable bonds is 13. The van der Waals surface area contributed by atoms with E-state index in [2.05, 4.69) is 54.0 Å². The van der Waals surface area contributed by atoms with Gasteiger partial charge < -0.3 is 62.3 Å². The lowest BCUT2D eigenvalue weighted by Crippen LogP contribution is -2.66. The van der Waals surface area contributed by atoms with Gasteiger partial charge in [0.05, 0.1) is 47.7 Å². The van der Waals surface area contributed by atoms with Crippen molar-refractivity contribution in [2.24, 2.45) is 92.4 Å². The summed E-state index contributed by atoms with van der Waals surface area (Å²) in [5.41, 5.74) is 9.41. The second-order valence-corrected chi connectivity index (χ2v) is 26.6. The summed E-state index contributed by atoms with van der Waals surface area (Å²) in [5.74, 6) is 3.41. The zero-order valence-corrected chi connectivity index (χ0v) is 47.5. The molecule has 2 heterocycles. The molecule has 1 aromatic carbocycles. The Hall–Kier alpha value is -5.02. The van der Waals surface area contributed by atoms with Crippen molar-refractivity contribution in [1.29, 1.82) is 0 Å². The SMILES string of the molecule is CCC1OC(=O)C(c2cc[nH]c2)C1C1C#CCC2CC3(O)C4=C(NC(CO)C(=O)CCc5ccc(O)cc5)C(=O)C5CC(O)C(O)CC5(C)C4CCC3(CCN=C(N)N)C2C(C)(O)C(O)CC(C)C2CC=C3CCC(C)CC3C2C1.